The summed E-state index contributed by atoms with van der Waals surface area (Å²) < 4.78 is 0. The molecule has 1 aromatic heterocycles. The lowest BCUT2D eigenvalue weighted by molar-refractivity contribution is 0.918. The maximum Gasteiger partial charge on any atom is 0.148 e. The van der Waals surface area contributed by atoms with E-state index in [0.717, 1.165) is 28.2 Å². The maximum atomic E-state index is 4.62. The summed E-state index contributed by atoms with van der Waals surface area (Å²) in [6.07, 6.45) is 0. The van der Waals surface area contributed by atoms with E-state index in [9.17, 15) is 0 Å². The van der Waals surface area contributed by atoms with Crippen molar-refractivity contribution in [3.05, 3.63) is 59.9 Å². The first-order chi connectivity index (χ1) is 11.0. The van der Waals surface area contributed by atoms with Crippen molar-refractivity contribution in [2.45, 2.75) is 13.8 Å². The lowest BCUT2D eigenvalue weighted by Crippen LogP contribution is -2.08. The monoisotopic (exact) mass is 304 g/mol. The highest BCUT2D eigenvalue weighted by molar-refractivity contribution is 5.78. The quantitative estimate of drug-likeness (QED) is 0.736. The minimum atomic E-state index is 0.675. The predicted octanol–water partition coefficient (Wildman–Crippen LogP) is 3.89. The number of nitrogens with zero attached hydrogens (tertiary/aromatic N) is 4. The summed E-state index contributed by atoms with van der Waals surface area (Å²) in [6, 6.07) is 16.6. The first-order valence-electron chi connectivity index (χ1n) is 7.61. The Hall–Kier alpha value is -2.75. The van der Waals surface area contributed by atoms with Crippen molar-refractivity contribution in [3.8, 4) is 22.5 Å². The lowest BCUT2D eigenvalue weighted by atomic mass is 10.0. The van der Waals surface area contributed by atoms with E-state index in [4.69, 9.17) is 0 Å². The van der Waals surface area contributed by atoms with Crippen LogP contribution in [0.15, 0.2) is 48.5 Å². The Bertz CT molecular complexity index is 806. The van der Waals surface area contributed by atoms with Gasteiger partial charge < -0.3 is 4.90 Å². The van der Waals surface area contributed by atoms with E-state index in [0.29, 0.717) is 5.82 Å². The number of benzene rings is 2. The summed E-state index contributed by atoms with van der Waals surface area (Å²) in [5, 5.41) is 8.54. The van der Waals surface area contributed by atoms with Gasteiger partial charge in [-0.1, -0.05) is 42.0 Å². The zero-order chi connectivity index (χ0) is 16.4. The van der Waals surface area contributed by atoms with E-state index < -0.39 is 0 Å². The van der Waals surface area contributed by atoms with Gasteiger partial charge in [0.05, 0.1) is 0 Å². The van der Waals surface area contributed by atoms with Gasteiger partial charge in [-0.3, -0.25) is 0 Å². The zero-order valence-corrected chi connectivity index (χ0v) is 13.9. The Morgan fingerprint density at radius 3 is 1.87 bits per heavy atom. The molecule has 3 aromatic rings. The fraction of sp³-hybridized carbons (Fsp3) is 0.211. The Morgan fingerprint density at radius 2 is 1.26 bits per heavy atom. The Kier molecular flexibility index (Phi) is 4.06. The van der Waals surface area contributed by atoms with Crippen molar-refractivity contribution in [1.82, 2.24) is 15.2 Å². The summed E-state index contributed by atoms with van der Waals surface area (Å²) in [5.41, 5.74) is 6.13. The molecule has 0 aliphatic rings. The molecule has 0 radical (unpaired) electrons. The van der Waals surface area contributed by atoms with Crippen LogP contribution in [0.4, 0.5) is 5.69 Å². The molecule has 0 saturated carbocycles. The molecule has 0 N–H and O–H groups in total. The van der Waals surface area contributed by atoms with Crippen molar-refractivity contribution < 1.29 is 0 Å². The normalized spacial score (nSPS) is 10.6. The number of rotatable bonds is 3. The van der Waals surface area contributed by atoms with E-state index in [-0.39, 0.29) is 0 Å². The first-order valence-corrected chi connectivity index (χ1v) is 7.61. The van der Waals surface area contributed by atoms with Crippen LogP contribution in [0.5, 0.6) is 0 Å². The van der Waals surface area contributed by atoms with Gasteiger partial charge in [0.1, 0.15) is 17.2 Å². The number of hydrogen-bond donors (Lipinski definition) is 0. The highest BCUT2D eigenvalue weighted by Gasteiger charge is 2.12. The van der Waals surface area contributed by atoms with Crippen LogP contribution < -0.4 is 4.90 Å². The molecule has 0 bridgehead atoms. The second-order valence-corrected chi connectivity index (χ2v) is 5.86. The Balaban J connectivity index is 2.10. The number of aryl methyl sites for hydroxylation is 2. The van der Waals surface area contributed by atoms with Gasteiger partial charge in [-0.05, 0) is 26.0 Å². The van der Waals surface area contributed by atoms with Crippen LogP contribution in [0.25, 0.3) is 22.5 Å². The van der Waals surface area contributed by atoms with Crippen molar-refractivity contribution >= 4 is 5.69 Å². The first kappa shape index (κ1) is 15.2. The fourth-order valence-electron chi connectivity index (χ4n) is 2.43. The lowest BCUT2D eigenvalue weighted by Gasteiger charge is -2.13. The van der Waals surface area contributed by atoms with E-state index in [1.165, 1.54) is 5.56 Å². The fourth-order valence-corrected chi connectivity index (χ4v) is 2.43. The van der Waals surface area contributed by atoms with Crippen LogP contribution >= 0.6 is 0 Å². The summed E-state index contributed by atoms with van der Waals surface area (Å²) in [6.45, 7) is 3.94. The smallest absolute Gasteiger partial charge is 0.148 e. The molecule has 23 heavy (non-hydrogen) atoms. The molecule has 0 fully saturated rings. The molecular formula is C19H20N4. The van der Waals surface area contributed by atoms with Crippen LogP contribution in [0.3, 0.4) is 0 Å². The largest absolute Gasteiger partial charge is 0.378 e. The second kappa shape index (κ2) is 6.16. The summed E-state index contributed by atoms with van der Waals surface area (Å²) in [7, 11) is 4.06. The third kappa shape index (κ3) is 3.21. The van der Waals surface area contributed by atoms with Crippen LogP contribution in [0, 0.1) is 13.8 Å². The number of hydrogen-bond acceptors (Lipinski definition) is 4. The van der Waals surface area contributed by atoms with E-state index in [1.54, 1.807) is 0 Å². The third-order valence-corrected chi connectivity index (χ3v) is 3.77. The van der Waals surface area contributed by atoms with E-state index in [1.807, 2.05) is 21.0 Å². The molecular weight excluding hydrogens is 284 g/mol. The minimum absolute atomic E-state index is 0.675. The van der Waals surface area contributed by atoms with E-state index >= 15 is 0 Å². The average Bonchev–Trinajstić information content (AvgIpc) is 2.55. The molecule has 4 nitrogen and oxygen atoms in total. The van der Waals surface area contributed by atoms with Crippen LogP contribution in [0.2, 0.25) is 0 Å². The SMILES string of the molecule is Cc1ccc(-c2nc(C)nnc2-c2ccc(N(C)C)cc2)cc1. The van der Waals surface area contributed by atoms with E-state index in [2.05, 4.69) is 75.5 Å². The van der Waals surface area contributed by atoms with Gasteiger partial charge in [0.2, 0.25) is 0 Å². The summed E-state index contributed by atoms with van der Waals surface area (Å²) in [5.74, 6) is 0.675. The summed E-state index contributed by atoms with van der Waals surface area (Å²) in [4.78, 5) is 6.70. The molecule has 3 rings (SSSR count). The van der Waals surface area contributed by atoms with Gasteiger partial charge in [-0.2, -0.15) is 0 Å². The molecule has 0 unspecified atom stereocenters. The van der Waals surface area contributed by atoms with Crippen molar-refractivity contribution in [2.24, 2.45) is 0 Å². The molecule has 2 aromatic carbocycles. The van der Waals surface area contributed by atoms with Gasteiger partial charge in [-0.25, -0.2) is 4.98 Å². The predicted molar refractivity (Wildman–Crippen MR) is 94.5 cm³/mol. The average molecular weight is 304 g/mol. The highest BCUT2D eigenvalue weighted by atomic mass is 15.2. The molecule has 0 atom stereocenters. The number of aromatic nitrogens is 3. The van der Waals surface area contributed by atoms with Crippen LogP contribution in [-0.4, -0.2) is 29.3 Å². The van der Waals surface area contributed by atoms with Gasteiger partial charge in [0.25, 0.3) is 0 Å². The summed E-state index contributed by atoms with van der Waals surface area (Å²) >= 11 is 0. The van der Waals surface area contributed by atoms with Gasteiger partial charge in [-0.15, -0.1) is 10.2 Å². The van der Waals surface area contributed by atoms with Crippen molar-refractivity contribution in [3.63, 3.8) is 0 Å². The molecule has 1 heterocycles. The van der Waals surface area contributed by atoms with Gasteiger partial charge >= 0.3 is 0 Å². The molecule has 0 aliphatic carbocycles. The zero-order valence-electron chi connectivity index (χ0n) is 13.9. The van der Waals surface area contributed by atoms with Gasteiger partial charge in [0, 0.05) is 30.9 Å². The van der Waals surface area contributed by atoms with Crippen molar-refractivity contribution in [1.29, 1.82) is 0 Å². The second-order valence-electron chi connectivity index (χ2n) is 5.86. The molecule has 0 spiro atoms. The molecule has 4 heteroatoms. The maximum absolute atomic E-state index is 4.62. The Morgan fingerprint density at radius 1 is 0.696 bits per heavy atom. The molecule has 0 saturated heterocycles. The standard InChI is InChI=1S/C19H20N4/c1-13-5-7-15(8-6-13)18-19(22-21-14(2)20-18)16-9-11-17(12-10-16)23(3)4/h5-12H,1-4H3. The van der Waals surface area contributed by atoms with Crippen LogP contribution in [-0.2, 0) is 0 Å². The van der Waals surface area contributed by atoms with Crippen LogP contribution in [0.1, 0.15) is 11.4 Å². The van der Waals surface area contributed by atoms with Crippen molar-refractivity contribution in [2.75, 3.05) is 19.0 Å². The molecule has 0 amide bonds. The highest BCUT2D eigenvalue weighted by Crippen LogP contribution is 2.29. The molecule has 0 aliphatic heterocycles. The molecule has 116 valence electrons. The topological polar surface area (TPSA) is 41.9 Å². The minimum Gasteiger partial charge on any atom is -0.378 e. The Labute approximate surface area is 136 Å². The van der Waals surface area contributed by atoms with Gasteiger partial charge in [0.15, 0.2) is 0 Å². The number of anilines is 1. The third-order valence-electron chi connectivity index (χ3n) is 3.77.